The number of ether oxygens (including phenoxy) is 1. The zero-order chi connectivity index (χ0) is 23.5. The minimum absolute atomic E-state index is 0.740. The summed E-state index contributed by atoms with van der Waals surface area (Å²) in [6.07, 6.45) is 2.72. The maximum absolute atomic E-state index is 5.46. The van der Waals surface area contributed by atoms with Crippen molar-refractivity contribution in [3.63, 3.8) is 0 Å². The standard InChI is InChI=1S/C28H31N5OS/c1-2-23(17-24(3-1)33-10-8-29-9-11-33)25-20-35-26-18-30-27(31-28(25)26)16-21-4-6-22(7-5-21)19-32-12-14-34-15-13-32/h1-7,17-18,20,29H,8-16,19H2. The van der Waals surface area contributed by atoms with E-state index in [2.05, 4.69) is 74.0 Å². The van der Waals surface area contributed by atoms with Gasteiger partial charge in [-0.3, -0.25) is 4.90 Å². The van der Waals surface area contributed by atoms with Crippen molar-refractivity contribution in [2.75, 3.05) is 57.4 Å². The highest BCUT2D eigenvalue weighted by Crippen LogP contribution is 2.34. The van der Waals surface area contributed by atoms with Crippen LogP contribution in [0.4, 0.5) is 5.69 Å². The van der Waals surface area contributed by atoms with E-state index in [9.17, 15) is 0 Å². The smallest absolute Gasteiger partial charge is 0.133 e. The van der Waals surface area contributed by atoms with Crippen molar-refractivity contribution in [3.8, 4) is 11.1 Å². The van der Waals surface area contributed by atoms with Crippen molar-refractivity contribution in [1.29, 1.82) is 0 Å². The third-order valence-corrected chi connectivity index (χ3v) is 7.80. The number of hydrogen-bond donors (Lipinski definition) is 1. The Bertz CT molecular complexity index is 1280. The van der Waals surface area contributed by atoms with Crippen molar-refractivity contribution in [2.45, 2.75) is 13.0 Å². The van der Waals surface area contributed by atoms with Crippen LogP contribution in [0.1, 0.15) is 17.0 Å². The molecule has 180 valence electrons. The highest BCUT2D eigenvalue weighted by atomic mass is 32.1. The molecule has 0 spiro atoms. The molecule has 0 radical (unpaired) electrons. The van der Waals surface area contributed by atoms with Crippen LogP contribution < -0.4 is 10.2 Å². The third-order valence-electron chi connectivity index (χ3n) is 6.90. The molecule has 2 aliphatic heterocycles. The Morgan fingerprint density at radius 1 is 0.943 bits per heavy atom. The maximum Gasteiger partial charge on any atom is 0.133 e. The minimum Gasteiger partial charge on any atom is -0.379 e. The molecule has 0 aliphatic carbocycles. The average Bonchev–Trinajstić information content (AvgIpc) is 3.34. The second-order valence-corrected chi connectivity index (χ2v) is 10.2. The summed E-state index contributed by atoms with van der Waals surface area (Å²) in [5.74, 6) is 0.872. The molecule has 1 N–H and O–H groups in total. The summed E-state index contributed by atoms with van der Waals surface area (Å²) in [4.78, 5) is 14.6. The number of fused-ring (bicyclic) bond motifs is 1. The molecular weight excluding hydrogens is 454 g/mol. The Morgan fingerprint density at radius 3 is 2.57 bits per heavy atom. The molecule has 0 saturated carbocycles. The number of hydrogen-bond acceptors (Lipinski definition) is 7. The van der Waals surface area contributed by atoms with Crippen LogP contribution in [0.3, 0.4) is 0 Å². The van der Waals surface area contributed by atoms with E-state index in [-0.39, 0.29) is 0 Å². The SMILES string of the molecule is c1cc(-c2csc3cnc(Cc4ccc(CN5CCOCC5)cc4)nc23)cc(N2CCNCC2)c1. The molecular formula is C28H31N5OS. The number of morpholine rings is 1. The Balaban J connectivity index is 1.20. The van der Waals surface area contributed by atoms with E-state index in [1.54, 1.807) is 11.3 Å². The Kier molecular flexibility index (Phi) is 6.73. The molecule has 2 aromatic heterocycles. The largest absolute Gasteiger partial charge is 0.379 e. The molecule has 6 nitrogen and oxygen atoms in total. The monoisotopic (exact) mass is 485 g/mol. The van der Waals surface area contributed by atoms with Crippen LogP contribution in [-0.4, -0.2) is 67.4 Å². The number of anilines is 1. The van der Waals surface area contributed by atoms with Crippen LogP contribution in [0.5, 0.6) is 0 Å². The van der Waals surface area contributed by atoms with Crippen molar-refractivity contribution in [3.05, 3.63) is 77.1 Å². The number of thiophene rings is 1. The highest BCUT2D eigenvalue weighted by molar-refractivity contribution is 7.17. The first-order chi connectivity index (χ1) is 17.3. The molecule has 0 bridgehead atoms. The second kappa shape index (κ2) is 10.4. The van der Waals surface area contributed by atoms with Crippen molar-refractivity contribution in [2.24, 2.45) is 0 Å². The zero-order valence-electron chi connectivity index (χ0n) is 19.9. The lowest BCUT2D eigenvalue weighted by Gasteiger charge is -2.29. The van der Waals surface area contributed by atoms with Gasteiger partial charge in [-0.15, -0.1) is 11.3 Å². The zero-order valence-corrected chi connectivity index (χ0v) is 20.8. The Labute approximate surface area is 210 Å². The van der Waals surface area contributed by atoms with Crippen LogP contribution in [-0.2, 0) is 17.7 Å². The van der Waals surface area contributed by atoms with Gasteiger partial charge in [0.1, 0.15) is 5.82 Å². The van der Waals surface area contributed by atoms with E-state index >= 15 is 0 Å². The molecule has 4 heterocycles. The molecule has 35 heavy (non-hydrogen) atoms. The predicted octanol–water partition coefficient (Wildman–Crippen LogP) is 4.19. The second-order valence-electron chi connectivity index (χ2n) is 9.32. The Hall–Kier alpha value is -2.84. The first-order valence-electron chi connectivity index (χ1n) is 12.5. The summed E-state index contributed by atoms with van der Waals surface area (Å²) in [5.41, 5.74) is 7.36. The number of rotatable bonds is 6. The molecule has 4 aromatic rings. The summed E-state index contributed by atoms with van der Waals surface area (Å²) >= 11 is 1.72. The molecule has 0 atom stereocenters. The summed E-state index contributed by atoms with van der Waals surface area (Å²) in [7, 11) is 0. The number of nitrogens with zero attached hydrogens (tertiary/aromatic N) is 4. The molecule has 2 saturated heterocycles. The van der Waals surface area contributed by atoms with Crippen molar-refractivity contribution < 1.29 is 4.74 Å². The van der Waals surface area contributed by atoms with Gasteiger partial charge in [-0.25, -0.2) is 9.97 Å². The van der Waals surface area contributed by atoms with E-state index in [0.717, 1.165) is 81.5 Å². The van der Waals surface area contributed by atoms with Crippen LogP contribution in [0, 0.1) is 0 Å². The third kappa shape index (κ3) is 5.23. The topological polar surface area (TPSA) is 53.5 Å². The molecule has 2 aromatic carbocycles. The van der Waals surface area contributed by atoms with E-state index in [4.69, 9.17) is 9.72 Å². The van der Waals surface area contributed by atoms with Gasteiger partial charge in [-0.05, 0) is 28.8 Å². The van der Waals surface area contributed by atoms with Crippen molar-refractivity contribution >= 4 is 27.2 Å². The number of benzene rings is 2. The fraction of sp³-hybridized carbons (Fsp3) is 0.357. The van der Waals surface area contributed by atoms with Gasteiger partial charge in [0, 0.05) is 75.1 Å². The lowest BCUT2D eigenvalue weighted by atomic mass is 10.1. The van der Waals surface area contributed by atoms with Gasteiger partial charge in [0.2, 0.25) is 0 Å². The van der Waals surface area contributed by atoms with Gasteiger partial charge in [0.25, 0.3) is 0 Å². The van der Waals surface area contributed by atoms with Crippen LogP contribution in [0.2, 0.25) is 0 Å². The fourth-order valence-corrected chi connectivity index (χ4v) is 5.78. The van der Waals surface area contributed by atoms with Crippen molar-refractivity contribution in [1.82, 2.24) is 20.2 Å². The molecule has 6 rings (SSSR count). The van der Waals surface area contributed by atoms with E-state index < -0.39 is 0 Å². The van der Waals surface area contributed by atoms with Gasteiger partial charge < -0.3 is 15.0 Å². The summed E-state index contributed by atoms with van der Waals surface area (Å²) in [6.45, 7) is 8.85. The minimum atomic E-state index is 0.740. The number of nitrogens with one attached hydrogen (secondary N) is 1. The normalized spacial score (nSPS) is 17.2. The highest BCUT2D eigenvalue weighted by Gasteiger charge is 2.15. The van der Waals surface area contributed by atoms with Crippen LogP contribution in [0.25, 0.3) is 21.3 Å². The van der Waals surface area contributed by atoms with E-state index in [1.807, 2.05) is 6.20 Å². The summed E-state index contributed by atoms with van der Waals surface area (Å²) < 4.78 is 6.59. The number of aromatic nitrogens is 2. The molecule has 0 unspecified atom stereocenters. The van der Waals surface area contributed by atoms with E-state index in [1.165, 1.54) is 27.9 Å². The first-order valence-corrected chi connectivity index (χ1v) is 13.4. The quantitative estimate of drug-likeness (QED) is 0.442. The summed E-state index contributed by atoms with van der Waals surface area (Å²) in [6, 6.07) is 17.8. The van der Waals surface area contributed by atoms with Gasteiger partial charge in [-0.2, -0.15) is 0 Å². The van der Waals surface area contributed by atoms with Gasteiger partial charge in [-0.1, -0.05) is 36.4 Å². The van der Waals surface area contributed by atoms with Crippen LogP contribution >= 0.6 is 11.3 Å². The summed E-state index contributed by atoms with van der Waals surface area (Å²) in [5, 5.41) is 5.66. The van der Waals surface area contributed by atoms with E-state index in [0.29, 0.717) is 0 Å². The maximum atomic E-state index is 5.46. The first kappa shape index (κ1) is 22.6. The lowest BCUT2D eigenvalue weighted by molar-refractivity contribution is 0.0342. The fourth-order valence-electron chi connectivity index (χ4n) is 4.91. The lowest BCUT2D eigenvalue weighted by Crippen LogP contribution is -2.43. The molecule has 0 amide bonds. The molecule has 7 heteroatoms. The van der Waals surface area contributed by atoms with Gasteiger partial charge >= 0.3 is 0 Å². The molecule has 2 fully saturated rings. The number of piperazine rings is 1. The predicted molar refractivity (Wildman–Crippen MR) is 143 cm³/mol. The van der Waals surface area contributed by atoms with Crippen LogP contribution in [0.15, 0.2) is 60.1 Å². The van der Waals surface area contributed by atoms with Gasteiger partial charge in [0.15, 0.2) is 0 Å². The molecule has 2 aliphatic rings. The van der Waals surface area contributed by atoms with Gasteiger partial charge in [0.05, 0.1) is 23.4 Å². The average molecular weight is 486 g/mol. The Morgan fingerprint density at radius 2 is 1.74 bits per heavy atom.